The fraction of sp³-hybridized carbons (Fsp3) is 0.312. The Hall–Kier alpha value is -3.03. The molecule has 2 aromatic rings. The van der Waals surface area contributed by atoms with Gasteiger partial charge in [0, 0.05) is 23.7 Å². The Balaban J connectivity index is 1.93. The quantitative estimate of drug-likeness (QED) is 0.595. The number of aromatic nitrogens is 1. The maximum absolute atomic E-state index is 11.2. The summed E-state index contributed by atoms with van der Waals surface area (Å²) >= 11 is 0. The molecule has 0 saturated heterocycles. The van der Waals surface area contributed by atoms with Crippen LogP contribution >= 0.6 is 0 Å². The van der Waals surface area contributed by atoms with Crippen molar-refractivity contribution in [2.75, 3.05) is 4.90 Å². The SMILES string of the molecule is Cc1nc(N(Cc2ccccc2[N+](=O)[O-])C2CC2)ccc1[N+](=O)[O-]. The van der Waals surface area contributed by atoms with Gasteiger partial charge in [0.15, 0.2) is 0 Å². The van der Waals surface area contributed by atoms with Gasteiger partial charge in [-0.25, -0.2) is 4.98 Å². The highest BCUT2D eigenvalue weighted by molar-refractivity contribution is 5.51. The summed E-state index contributed by atoms with van der Waals surface area (Å²) in [6, 6.07) is 9.92. The smallest absolute Gasteiger partial charge is 0.290 e. The molecule has 0 amide bonds. The van der Waals surface area contributed by atoms with Gasteiger partial charge in [0.2, 0.25) is 0 Å². The van der Waals surface area contributed by atoms with E-state index >= 15 is 0 Å². The summed E-state index contributed by atoms with van der Waals surface area (Å²) in [4.78, 5) is 27.6. The number of nitro benzene ring substituents is 1. The lowest BCUT2D eigenvalue weighted by atomic mass is 10.1. The van der Waals surface area contributed by atoms with E-state index in [1.807, 2.05) is 4.90 Å². The molecule has 1 aliphatic carbocycles. The molecule has 0 bridgehead atoms. The Morgan fingerprint density at radius 2 is 1.75 bits per heavy atom. The molecule has 1 aromatic carbocycles. The van der Waals surface area contributed by atoms with Crippen molar-refractivity contribution in [2.45, 2.75) is 32.4 Å². The molecule has 8 nitrogen and oxygen atoms in total. The first-order chi connectivity index (χ1) is 11.5. The van der Waals surface area contributed by atoms with Crippen molar-refractivity contribution >= 4 is 17.2 Å². The third-order valence-corrected chi connectivity index (χ3v) is 4.05. The molecule has 0 unspecified atom stereocenters. The first-order valence-electron chi connectivity index (χ1n) is 7.58. The van der Waals surface area contributed by atoms with Gasteiger partial charge < -0.3 is 4.90 Å². The number of para-hydroxylation sites is 1. The molecule has 124 valence electrons. The molecule has 1 aromatic heterocycles. The van der Waals surface area contributed by atoms with Crippen molar-refractivity contribution in [3.8, 4) is 0 Å². The van der Waals surface area contributed by atoms with Crippen molar-refractivity contribution in [2.24, 2.45) is 0 Å². The molecule has 1 heterocycles. The Kier molecular flexibility index (Phi) is 4.11. The largest absolute Gasteiger partial charge is 0.349 e. The highest BCUT2D eigenvalue weighted by Gasteiger charge is 2.32. The van der Waals surface area contributed by atoms with E-state index in [-0.39, 0.29) is 17.4 Å². The van der Waals surface area contributed by atoms with Crippen LogP contribution in [0.25, 0.3) is 0 Å². The number of aryl methyl sites for hydroxylation is 1. The summed E-state index contributed by atoms with van der Waals surface area (Å²) in [6.07, 6.45) is 1.97. The minimum Gasteiger partial charge on any atom is -0.349 e. The highest BCUT2D eigenvalue weighted by atomic mass is 16.6. The standard InChI is InChI=1S/C16H16N4O4/c1-11-14(19(21)22)8-9-16(17-11)18(13-6-7-13)10-12-4-2-3-5-15(12)20(23)24/h2-5,8-9,13H,6-7,10H2,1H3. The number of benzene rings is 1. The summed E-state index contributed by atoms with van der Waals surface area (Å²) < 4.78 is 0. The number of pyridine rings is 1. The van der Waals surface area contributed by atoms with Gasteiger partial charge in [-0.1, -0.05) is 18.2 Å². The zero-order chi connectivity index (χ0) is 17.3. The third-order valence-electron chi connectivity index (χ3n) is 4.05. The van der Waals surface area contributed by atoms with Crippen molar-refractivity contribution < 1.29 is 9.85 Å². The maximum Gasteiger partial charge on any atom is 0.290 e. The Labute approximate surface area is 138 Å². The van der Waals surface area contributed by atoms with Gasteiger partial charge in [-0.3, -0.25) is 20.2 Å². The lowest BCUT2D eigenvalue weighted by molar-refractivity contribution is -0.385. The average molecular weight is 328 g/mol. The van der Waals surface area contributed by atoms with E-state index in [4.69, 9.17) is 0 Å². The predicted molar refractivity (Wildman–Crippen MR) is 87.9 cm³/mol. The fourth-order valence-corrected chi connectivity index (χ4v) is 2.68. The first kappa shape index (κ1) is 15.9. The van der Waals surface area contributed by atoms with Crippen LogP contribution in [0.2, 0.25) is 0 Å². The van der Waals surface area contributed by atoms with Crippen LogP contribution in [0.15, 0.2) is 36.4 Å². The predicted octanol–water partition coefficient (Wildman–Crippen LogP) is 3.38. The molecular formula is C16H16N4O4. The average Bonchev–Trinajstić information content (AvgIpc) is 3.37. The van der Waals surface area contributed by atoms with E-state index in [9.17, 15) is 20.2 Å². The summed E-state index contributed by atoms with van der Waals surface area (Å²) in [5.74, 6) is 0.610. The maximum atomic E-state index is 11.2. The van der Waals surface area contributed by atoms with Gasteiger partial charge in [-0.2, -0.15) is 0 Å². The molecule has 0 aliphatic heterocycles. The van der Waals surface area contributed by atoms with E-state index in [0.717, 1.165) is 12.8 Å². The van der Waals surface area contributed by atoms with Crippen molar-refractivity contribution in [1.29, 1.82) is 0 Å². The molecule has 3 rings (SSSR count). The minimum atomic E-state index is -0.463. The van der Waals surface area contributed by atoms with E-state index < -0.39 is 9.85 Å². The van der Waals surface area contributed by atoms with Gasteiger partial charge in [-0.05, 0) is 25.8 Å². The second-order valence-electron chi connectivity index (χ2n) is 5.78. The first-order valence-corrected chi connectivity index (χ1v) is 7.58. The normalized spacial score (nSPS) is 13.5. The number of nitrogens with zero attached hydrogens (tertiary/aromatic N) is 4. The second kappa shape index (κ2) is 6.23. The zero-order valence-electron chi connectivity index (χ0n) is 13.1. The van der Waals surface area contributed by atoms with Gasteiger partial charge >= 0.3 is 0 Å². The lowest BCUT2D eigenvalue weighted by Crippen LogP contribution is -2.26. The number of hydrogen-bond acceptors (Lipinski definition) is 6. The molecule has 0 atom stereocenters. The number of nitro groups is 2. The molecule has 0 N–H and O–H groups in total. The number of anilines is 1. The molecule has 1 saturated carbocycles. The molecule has 1 fully saturated rings. The van der Waals surface area contributed by atoms with E-state index in [1.165, 1.54) is 12.1 Å². The van der Waals surface area contributed by atoms with Crippen LogP contribution in [0.3, 0.4) is 0 Å². The number of rotatable bonds is 6. The van der Waals surface area contributed by atoms with E-state index in [2.05, 4.69) is 4.98 Å². The highest BCUT2D eigenvalue weighted by Crippen LogP contribution is 2.34. The van der Waals surface area contributed by atoms with E-state index in [0.29, 0.717) is 23.6 Å². The van der Waals surface area contributed by atoms with Crippen molar-refractivity contribution in [1.82, 2.24) is 4.98 Å². The Morgan fingerprint density at radius 3 is 2.33 bits per heavy atom. The van der Waals surface area contributed by atoms with Gasteiger partial charge in [0.05, 0.1) is 16.4 Å². The van der Waals surface area contributed by atoms with E-state index in [1.54, 1.807) is 31.2 Å². The summed E-state index contributed by atoms with van der Waals surface area (Å²) in [5.41, 5.74) is 0.986. The summed E-state index contributed by atoms with van der Waals surface area (Å²) in [6.45, 7) is 1.95. The minimum absolute atomic E-state index is 0.0276. The second-order valence-corrected chi connectivity index (χ2v) is 5.78. The van der Waals surface area contributed by atoms with Crippen LogP contribution in [0.1, 0.15) is 24.1 Å². The van der Waals surface area contributed by atoms with Crippen LogP contribution in [0, 0.1) is 27.2 Å². The van der Waals surface area contributed by atoms with Crippen molar-refractivity contribution in [3.63, 3.8) is 0 Å². The van der Waals surface area contributed by atoms with Crippen LogP contribution in [0.5, 0.6) is 0 Å². The molecule has 24 heavy (non-hydrogen) atoms. The monoisotopic (exact) mass is 328 g/mol. The van der Waals surface area contributed by atoms with Gasteiger partial charge in [0.25, 0.3) is 11.4 Å². The fourth-order valence-electron chi connectivity index (χ4n) is 2.68. The lowest BCUT2D eigenvalue weighted by Gasteiger charge is -2.23. The zero-order valence-corrected chi connectivity index (χ0v) is 13.1. The van der Waals surface area contributed by atoms with Crippen LogP contribution < -0.4 is 4.90 Å². The molecule has 0 radical (unpaired) electrons. The van der Waals surface area contributed by atoms with Crippen LogP contribution in [-0.2, 0) is 6.54 Å². The molecule has 8 heteroatoms. The van der Waals surface area contributed by atoms with Crippen LogP contribution in [-0.4, -0.2) is 20.9 Å². The number of hydrogen-bond donors (Lipinski definition) is 0. The third kappa shape index (κ3) is 3.17. The van der Waals surface area contributed by atoms with Crippen molar-refractivity contribution in [3.05, 3.63) is 67.9 Å². The summed E-state index contributed by atoms with van der Waals surface area (Å²) in [5, 5.41) is 22.1. The molecular weight excluding hydrogens is 312 g/mol. The van der Waals surface area contributed by atoms with Crippen LogP contribution in [0.4, 0.5) is 17.2 Å². The Morgan fingerprint density at radius 1 is 1.08 bits per heavy atom. The van der Waals surface area contributed by atoms with Gasteiger partial charge in [0.1, 0.15) is 11.5 Å². The topological polar surface area (TPSA) is 102 Å². The van der Waals surface area contributed by atoms with Gasteiger partial charge in [-0.15, -0.1) is 0 Å². The Bertz CT molecular complexity index is 804. The molecule has 0 spiro atoms. The summed E-state index contributed by atoms with van der Waals surface area (Å²) in [7, 11) is 0. The molecule has 1 aliphatic rings.